The van der Waals surface area contributed by atoms with Crippen molar-refractivity contribution in [3.05, 3.63) is 55.6 Å². The highest BCUT2D eigenvalue weighted by atomic mass is 127. The number of methoxy groups -OCH3 is 1. The van der Waals surface area contributed by atoms with Gasteiger partial charge in [0.1, 0.15) is 17.7 Å². The van der Waals surface area contributed by atoms with Crippen LogP contribution < -0.4 is 14.8 Å². The Labute approximate surface area is 181 Å². The van der Waals surface area contributed by atoms with Crippen LogP contribution in [0.25, 0.3) is 6.08 Å². The first-order valence-corrected chi connectivity index (χ1v) is 9.42. The Morgan fingerprint density at radius 3 is 2.75 bits per heavy atom. The van der Waals surface area contributed by atoms with E-state index in [1.807, 2.05) is 34.7 Å². The van der Waals surface area contributed by atoms with Gasteiger partial charge < -0.3 is 14.8 Å². The van der Waals surface area contributed by atoms with Gasteiger partial charge in [-0.05, 0) is 71.0 Å². The SMILES string of the molecule is COc1cc(/C=C(/C#N)C(=O)Nc2cccc(Cl)c2C)cc(I)c1OCC#N. The predicted molar refractivity (Wildman–Crippen MR) is 115 cm³/mol. The van der Waals surface area contributed by atoms with Crippen molar-refractivity contribution in [2.75, 3.05) is 19.0 Å². The number of nitrogens with zero attached hydrogens (tertiary/aromatic N) is 2. The molecule has 2 aromatic rings. The van der Waals surface area contributed by atoms with Crippen molar-refractivity contribution in [1.29, 1.82) is 10.5 Å². The third kappa shape index (κ3) is 5.16. The zero-order valence-corrected chi connectivity index (χ0v) is 18.0. The second-order valence-corrected chi connectivity index (χ2v) is 7.09. The van der Waals surface area contributed by atoms with Gasteiger partial charge in [0.25, 0.3) is 5.91 Å². The van der Waals surface area contributed by atoms with E-state index in [9.17, 15) is 10.1 Å². The van der Waals surface area contributed by atoms with Gasteiger partial charge in [-0.1, -0.05) is 17.7 Å². The molecule has 0 bridgehead atoms. The normalized spacial score (nSPS) is 10.6. The minimum atomic E-state index is -0.549. The molecule has 0 atom stereocenters. The van der Waals surface area contributed by atoms with E-state index < -0.39 is 5.91 Å². The lowest BCUT2D eigenvalue weighted by molar-refractivity contribution is -0.112. The molecule has 0 aromatic heterocycles. The van der Waals surface area contributed by atoms with Gasteiger partial charge in [0.2, 0.25) is 0 Å². The number of amides is 1. The molecule has 0 saturated carbocycles. The topological polar surface area (TPSA) is 95.1 Å². The second kappa shape index (κ2) is 9.98. The fourth-order valence-corrected chi connectivity index (χ4v) is 3.27. The second-order valence-electron chi connectivity index (χ2n) is 5.52. The van der Waals surface area contributed by atoms with Crippen LogP contribution in [0.15, 0.2) is 35.9 Å². The van der Waals surface area contributed by atoms with Crippen LogP contribution in [-0.2, 0) is 4.79 Å². The summed E-state index contributed by atoms with van der Waals surface area (Å²) in [5.74, 6) is 0.280. The van der Waals surface area contributed by atoms with Gasteiger partial charge in [0, 0.05) is 10.7 Å². The summed E-state index contributed by atoms with van der Waals surface area (Å²) in [5, 5.41) is 21.3. The molecule has 1 N–H and O–H groups in total. The maximum atomic E-state index is 12.5. The summed E-state index contributed by atoms with van der Waals surface area (Å²) in [6.07, 6.45) is 1.45. The number of ether oxygens (including phenoxy) is 2. The third-order valence-corrected chi connectivity index (χ3v) is 4.94. The lowest BCUT2D eigenvalue weighted by atomic mass is 10.1. The molecule has 0 radical (unpaired) electrons. The van der Waals surface area contributed by atoms with E-state index >= 15 is 0 Å². The molecule has 0 heterocycles. The molecule has 6 nitrogen and oxygen atoms in total. The predicted octanol–water partition coefficient (Wildman–Crippen LogP) is 4.71. The van der Waals surface area contributed by atoms with Crippen LogP contribution in [0.2, 0.25) is 5.02 Å². The first kappa shape index (κ1) is 21.5. The monoisotopic (exact) mass is 507 g/mol. The zero-order valence-electron chi connectivity index (χ0n) is 15.0. The van der Waals surface area contributed by atoms with Gasteiger partial charge in [-0.2, -0.15) is 10.5 Å². The van der Waals surface area contributed by atoms with Crippen LogP contribution in [-0.4, -0.2) is 19.6 Å². The Morgan fingerprint density at radius 2 is 2.11 bits per heavy atom. The number of hydrogen-bond donors (Lipinski definition) is 1. The molecule has 0 fully saturated rings. The largest absolute Gasteiger partial charge is 0.493 e. The number of hydrogen-bond acceptors (Lipinski definition) is 5. The lowest BCUT2D eigenvalue weighted by Gasteiger charge is -2.12. The van der Waals surface area contributed by atoms with E-state index in [0.717, 1.165) is 0 Å². The molecular formula is C20H15ClIN3O3. The first-order valence-electron chi connectivity index (χ1n) is 7.96. The fraction of sp³-hybridized carbons (Fsp3) is 0.150. The van der Waals surface area contributed by atoms with Crippen LogP contribution in [0, 0.1) is 33.2 Å². The number of carbonyl (C=O) groups excluding carboxylic acids is 1. The average molecular weight is 508 g/mol. The highest BCUT2D eigenvalue weighted by Gasteiger charge is 2.15. The van der Waals surface area contributed by atoms with Crippen LogP contribution in [0.1, 0.15) is 11.1 Å². The smallest absolute Gasteiger partial charge is 0.266 e. The number of benzene rings is 2. The molecule has 28 heavy (non-hydrogen) atoms. The van der Waals surface area contributed by atoms with E-state index in [-0.39, 0.29) is 12.2 Å². The van der Waals surface area contributed by atoms with Gasteiger partial charge in [0.05, 0.1) is 10.7 Å². The molecular weight excluding hydrogens is 493 g/mol. The first-order chi connectivity index (χ1) is 13.4. The summed E-state index contributed by atoms with van der Waals surface area (Å²) < 4.78 is 11.4. The molecule has 0 aliphatic carbocycles. The van der Waals surface area contributed by atoms with Crippen molar-refractivity contribution < 1.29 is 14.3 Å². The van der Waals surface area contributed by atoms with Crippen molar-refractivity contribution in [3.63, 3.8) is 0 Å². The molecule has 2 aromatic carbocycles. The molecule has 0 spiro atoms. The van der Waals surface area contributed by atoms with Crippen molar-refractivity contribution in [3.8, 4) is 23.6 Å². The average Bonchev–Trinajstić information content (AvgIpc) is 2.68. The summed E-state index contributed by atoms with van der Waals surface area (Å²) in [7, 11) is 1.47. The molecule has 0 aliphatic heterocycles. The van der Waals surface area contributed by atoms with Gasteiger partial charge in [-0.15, -0.1) is 0 Å². The highest BCUT2D eigenvalue weighted by molar-refractivity contribution is 14.1. The zero-order chi connectivity index (χ0) is 20.7. The van der Waals surface area contributed by atoms with Crippen molar-refractivity contribution >= 4 is 51.9 Å². The maximum Gasteiger partial charge on any atom is 0.266 e. The summed E-state index contributed by atoms with van der Waals surface area (Å²) in [4.78, 5) is 12.5. The lowest BCUT2D eigenvalue weighted by Crippen LogP contribution is -2.14. The summed E-state index contributed by atoms with van der Waals surface area (Å²) in [6.45, 7) is 1.66. The van der Waals surface area contributed by atoms with Gasteiger partial charge >= 0.3 is 0 Å². The van der Waals surface area contributed by atoms with E-state index in [4.69, 9.17) is 26.3 Å². The number of halogens is 2. The van der Waals surface area contributed by atoms with Gasteiger partial charge in [0.15, 0.2) is 18.1 Å². The highest BCUT2D eigenvalue weighted by Crippen LogP contribution is 2.34. The minimum absolute atomic E-state index is 0.0806. The molecule has 1 amide bonds. The van der Waals surface area contributed by atoms with Gasteiger partial charge in [-0.3, -0.25) is 4.79 Å². The summed E-state index contributed by atoms with van der Waals surface area (Å²) >= 11 is 8.10. The molecule has 0 aliphatic rings. The van der Waals surface area contributed by atoms with E-state index in [1.165, 1.54) is 13.2 Å². The van der Waals surface area contributed by atoms with Crippen LogP contribution >= 0.6 is 34.2 Å². The van der Waals surface area contributed by atoms with Crippen LogP contribution in [0.3, 0.4) is 0 Å². The number of nitriles is 2. The third-order valence-electron chi connectivity index (χ3n) is 3.72. The summed E-state index contributed by atoms with van der Waals surface area (Å²) in [6, 6.07) is 12.3. The van der Waals surface area contributed by atoms with Crippen LogP contribution in [0.5, 0.6) is 11.5 Å². The Kier molecular flexibility index (Phi) is 7.68. The maximum absolute atomic E-state index is 12.5. The van der Waals surface area contributed by atoms with Crippen LogP contribution in [0.4, 0.5) is 5.69 Å². The Morgan fingerprint density at radius 1 is 1.36 bits per heavy atom. The van der Waals surface area contributed by atoms with Crippen molar-refractivity contribution in [2.45, 2.75) is 6.92 Å². The van der Waals surface area contributed by atoms with Crippen molar-refractivity contribution in [1.82, 2.24) is 0 Å². The fourth-order valence-electron chi connectivity index (χ4n) is 2.32. The molecule has 8 heteroatoms. The minimum Gasteiger partial charge on any atom is -0.493 e. The Hall–Kier alpha value is -2.75. The van der Waals surface area contributed by atoms with E-state index in [0.29, 0.717) is 36.9 Å². The van der Waals surface area contributed by atoms with E-state index in [2.05, 4.69) is 5.32 Å². The molecule has 0 unspecified atom stereocenters. The molecule has 0 saturated heterocycles. The number of nitrogens with one attached hydrogen (secondary N) is 1. The van der Waals surface area contributed by atoms with Crippen molar-refractivity contribution in [2.24, 2.45) is 0 Å². The van der Waals surface area contributed by atoms with E-state index in [1.54, 1.807) is 37.3 Å². The molecule has 142 valence electrons. The number of rotatable bonds is 6. The van der Waals surface area contributed by atoms with Gasteiger partial charge in [-0.25, -0.2) is 0 Å². The standard InChI is InChI=1S/C20H15ClIN3O3/c1-12-15(21)4-3-5-17(12)25-20(26)14(11-24)8-13-9-16(22)19(28-7-6-23)18(10-13)27-2/h3-5,8-10H,7H2,1-2H3,(H,25,26)/b14-8-. The molecule has 2 rings (SSSR count). The summed E-state index contributed by atoms with van der Waals surface area (Å²) in [5.41, 5.74) is 1.75. The quantitative estimate of drug-likeness (QED) is 0.347. The Balaban J connectivity index is 2.34. The number of carbonyl (C=O) groups is 1. The number of anilines is 1. The Bertz CT molecular complexity index is 1020.